The fourth-order valence-corrected chi connectivity index (χ4v) is 0.375. The highest BCUT2D eigenvalue weighted by atomic mass is 16.3. The van der Waals surface area contributed by atoms with E-state index in [1.165, 1.54) is 0 Å². The summed E-state index contributed by atoms with van der Waals surface area (Å²) in [6.45, 7) is 2.67. The first-order chi connectivity index (χ1) is 3.81. The Bertz CT molecular complexity index is 49.7. The highest BCUT2D eigenvalue weighted by Crippen LogP contribution is 1.73. The average molecular weight is 119 g/mol. The molecule has 0 aromatic rings. The maximum absolute atomic E-state index is 8.42. The van der Waals surface area contributed by atoms with Gasteiger partial charge in [0.1, 0.15) is 0 Å². The predicted octanol–water partition coefficient (Wildman–Crippen LogP) is -1.05. The highest BCUT2D eigenvalue weighted by molar-refractivity contribution is 4.55. The summed E-state index contributed by atoms with van der Waals surface area (Å²) in [4.78, 5) is 0. The molecule has 0 saturated heterocycles. The third-order valence-corrected chi connectivity index (χ3v) is 0.878. The van der Waals surface area contributed by atoms with E-state index in [1.807, 2.05) is 6.92 Å². The van der Waals surface area contributed by atoms with Gasteiger partial charge in [-0.05, 0) is 6.92 Å². The quantitative estimate of drug-likeness (QED) is 0.442. The molecule has 0 bridgehead atoms. The Morgan fingerprint density at radius 3 is 2.50 bits per heavy atom. The second kappa shape index (κ2) is 5.03. The molecule has 0 rings (SSSR count). The minimum Gasteiger partial charge on any atom is -0.395 e. The minimum atomic E-state index is 0.0992. The van der Waals surface area contributed by atoms with Crippen molar-refractivity contribution >= 4 is 0 Å². The zero-order valence-corrected chi connectivity index (χ0v) is 5.09. The highest BCUT2D eigenvalue weighted by Gasteiger charge is 1.93. The van der Waals surface area contributed by atoms with Crippen LogP contribution in [0.4, 0.5) is 0 Å². The smallest absolute Gasteiger partial charge is 0.0581 e. The van der Waals surface area contributed by atoms with Crippen molar-refractivity contribution in [3.05, 3.63) is 0 Å². The largest absolute Gasteiger partial charge is 0.395 e. The Morgan fingerprint density at radius 1 is 1.50 bits per heavy atom. The van der Waals surface area contributed by atoms with Gasteiger partial charge < -0.3 is 15.5 Å². The molecule has 3 nitrogen and oxygen atoms in total. The van der Waals surface area contributed by atoms with Crippen molar-refractivity contribution < 1.29 is 10.2 Å². The Labute approximate surface area is 49.3 Å². The molecule has 1 unspecified atom stereocenters. The van der Waals surface area contributed by atoms with E-state index in [2.05, 4.69) is 5.32 Å². The van der Waals surface area contributed by atoms with Crippen LogP contribution in [0.15, 0.2) is 0 Å². The summed E-state index contributed by atoms with van der Waals surface area (Å²) in [5.41, 5.74) is 0. The molecule has 0 radical (unpaired) electrons. The topological polar surface area (TPSA) is 52.5 Å². The SMILES string of the molecule is CC(CO)NCCO. The normalized spacial score (nSPS) is 13.9. The molecule has 0 aromatic heterocycles. The van der Waals surface area contributed by atoms with Gasteiger partial charge in [0.2, 0.25) is 0 Å². The summed E-state index contributed by atoms with van der Waals surface area (Å²) in [6.07, 6.45) is 0. The third kappa shape index (κ3) is 4.05. The maximum Gasteiger partial charge on any atom is 0.0581 e. The first-order valence-corrected chi connectivity index (χ1v) is 2.76. The zero-order chi connectivity index (χ0) is 6.41. The van der Waals surface area contributed by atoms with Gasteiger partial charge >= 0.3 is 0 Å². The minimum absolute atomic E-state index is 0.0992. The molecule has 0 spiro atoms. The standard InChI is InChI=1S/C5H13NO2/c1-5(4-8)6-2-3-7/h5-8H,2-4H2,1H3. The van der Waals surface area contributed by atoms with Crippen LogP contribution in [0.2, 0.25) is 0 Å². The summed E-state index contributed by atoms with van der Waals surface area (Å²) < 4.78 is 0. The Kier molecular flexibility index (Phi) is 4.95. The number of hydrogen-bond acceptors (Lipinski definition) is 3. The van der Waals surface area contributed by atoms with Gasteiger partial charge in [0, 0.05) is 12.6 Å². The van der Waals surface area contributed by atoms with Crippen LogP contribution in [-0.2, 0) is 0 Å². The number of rotatable bonds is 4. The van der Waals surface area contributed by atoms with Gasteiger partial charge in [-0.2, -0.15) is 0 Å². The van der Waals surface area contributed by atoms with Crippen molar-refractivity contribution in [2.75, 3.05) is 19.8 Å². The van der Waals surface area contributed by atoms with E-state index in [-0.39, 0.29) is 19.3 Å². The molecular formula is C5H13NO2. The van der Waals surface area contributed by atoms with Crippen LogP contribution >= 0.6 is 0 Å². The molecular weight excluding hydrogens is 106 g/mol. The Balaban J connectivity index is 2.86. The first-order valence-electron chi connectivity index (χ1n) is 2.76. The van der Waals surface area contributed by atoms with Gasteiger partial charge in [-0.1, -0.05) is 0 Å². The van der Waals surface area contributed by atoms with E-state index in [1.54, 1.807) is 0 Å². The lowest BCUT2D eigenvalue weighted by atomic mass is 10.4. The van der Waals surface area contributed by atoms with Crippen LogP contribution in [0.3, 0.4) is 0 Å². The third-order valence-electron chi connectivity index (χ3n) is 0.878. The molecule has 0 amide bonds. The van der Waals surface area contributed by atoms with Crippen molar-refractivity contribution in [3.8, 4) is 0 Å². The lowest BCUT2D eigenvalue weighted by Crippen LogP contribution is -2.31. The second-order valence-corrected chi connectivity index (χ2v) is 1.76. The molecule has 8 heavy (non-hydrogen) atoms. The molecule has 0 aliphatic carbocycles. The number of aliphatic hydroxyl groups excluding tert-OH is 2. The molecule has 0 aromatic carbocycles. The monoisotopic (exact) mass is 119 g/mol. The van der Waals surface area contributed by atoms with E-state index in [0.29, 0.717) is 6.54 Å². The molecule has 1 atom stereocenters. The van der Waals surface area contributed by atoms with Crippen LogP contribution in [0.1, 0.15) is 6.92 Å². The summed E-state index contributed by atoms with van der Waals surface area (Å²) in [6, 6.07) is 0.0992. The lowest BCUT2D eigenvalue weighted by Gasteiger charge is -2.07. The maximum atomic E-state index is 8.42. The van der Waals surface area contributed by atoms with Gasteiger partial charge in [0.15, 0.2) is 0 Å². The molecule has 0 aliphatic heterocycles. The second-order valence-electron chi connectivity index (χ2n) is 1.76. The van der Waals surface area contributed by atoms with E-state index < -0.39 is 0 Å². The van der Waals surface area contributed by atoms with Gasteiger partial charge in [-0.25, -0.2) is 0 Å². The van der Waals surface area contributed by atoms with E-state index >= 15 is 0 Å². The van der Waals surface area contributed by atoms with E-state index in [9.17, 15) is 0 Å². The molecule has 0 heterocycles. The van der Waals surface area contributed by atoms with Crippen molar-refractivity contribution in [1.82, 2.24) is 5.32 Å². The van der Waals surface area contributed by atoms with Gasteiger partial charge in [-0.3, -0.25) is 0 Å². The predicted molar refractivity (Wildman–Crippen MR) is 31.6 cm³/mol. The average Bonchev–Trinajstić information content (AvgIpc) is 1.83. The Morgan fingerprint density at radius 2 is 2.12 bits per heavy atom. The zero-order valence-electron chi connectivity index (χ0n) is 5.09. The van der Waals surface area contributed by atoms with Crippen molar-refractivity contribution in [3.63, 3.8) is 0 Å². The molecule has 0 saturated carbocycles. The summed E-state index contributed by atoms with van der Waals surface area (Å²) >= 11 is 0. The van der Waals surface area contributed by atoms with Gasteiger partial charge in [0.05, 0.1) is 13.2 Å². The lowest BCUT2D eigenvalue weighted by molar-refractivity contribution is 0.234. The summed E-state index contributed by atoms with van der Waals surface area (Å²) in [7, 11) is 0. The van der Waals surface area contributed by atoms with Crippen molar-refractivity contribution in [2.45, 2.75) is 13.0 Å². The molecule has 0 fully saturated rings. The van der Waals surface area contributed by atoms with Gasteiger partial charge in [-0.15, -0.1) is 0 Å². The summed E-state index contributed by atoms with van der Waals surface area (Å²) in [5.74, 6) is 0. The summed E-state index contributed by atoms with van der Waals surface area (Å²) in [5, 5.41) is 19.6. The van der Waals surface area contributed by atoms with E-state index in [4.69, 9.17) is 10.2 Å². The van der Waals surface area contributed by atoms with Crippen LogP contribution < -0.4 is 5.32 Å². The van der Waals surface area contributed by atoms with Gasteiger partial charge in [0.25, 0.3) is 0 Å². The molecule has 50 valence electrons. The number of hydrogen-bond donors (Lipinski definition) is 3. The Hall–Kier alpha value is -0.120. The van der Waals surface area contributed by atoms with Crippen molar-refractivity contribution in [1.29, 1.82) is 0 Å². The molecule has 3 N–H and O–H groups in total. The van der Waals surface area contributed by atoms with Crippen LogP contribution in [0, 0.1) is 0 Å². The molecule has 3 heteroatoms. The fourth-order valence-electron chi connectivity index (χ4n) is 0.375. The fraction of sp³-hybridized carbons (Fsp3) is 1.00. The first kappa shape index (κ1) is 7.88. The molecule has 0 aliphatic rings. The van der Waals surface area contributed by atoms with E-state index in [0.717, 1.165) is 0 Å². The van der Waals surface area contributed by atoms with Crippen LogP contribution in [0.5, 0.6) is 0 Å². The number of nitrogens with one attached hydrogen (secondary N) is 1. The van der Waals surface area contributed by atoms with Crippen molar-refractivity contribution in [2.24, 2.45) is 0 Å². The van der Waals surface area contributed by atoms with Crippen LogP contribution in [0.25, 0.3) is 0 Å². The number of aliphatic hydroxyl groups is 2. The van der Waals surface area contributed by atoms with Crippen LogP contribution in [-0.4, -0.2) is 36.0 Å².